The Balaban J connectivity index is 2.71. The zero-order chi connectivity index (χ0) is 27.1. The number of unbranched alkanes of at least 4 members (excludes halogenated alkanes) is 2. The number of rotatable bonds is 20. The van der Waals surface area contributed by atoms with Crippen LogP contribution in [-0.2, 0) is 0 Å². The van der Waals surface area contributed by atoms with Gasteiger partial charge < -0.3 is 5.32 Å². The van der Waals surface area contributed by atoms with Gasteiger partial charge >= 0.3 is 0 Å². The molecule has 0 aromatic carbocycles. The van der Waals surface area contributed by atoms with Crippen LogP contribution in [0.25, 0.3) is 0 Å². The van der Waals surface area contributed by atoms with Crippen LogP contribution in [0, 0.1) is 47.3 Å². The highest BCUT2D eigenvalue weighted by atomic mass is 14.9. The molecule has 36 heavy (non-hydrogen) atoms. The Morgan fingerprint density at radius 2 is 1.56 bits per heavy atom. The van der Waals surface area contributed by atoms with E-state index in [1.165, 1.54) is 90.0 Å². The quantitative estimate of drug-likeness (QED) is 0.129. The Labute approximate surface area is 229 Å². The molecule has 0 spiro atoms. The van der Waals surface area contributed by atoms with Crippen molar-refractivity contribution in [1.82, 2.24) is 5.32 Å². The van der Waals surface area contributed by atoms with Gasteiger partial charge in [0.2, 0.25) is 0 Å². The molecule has 0 radical (unpaired) electrons. The van der Waals surface area contributed by atoms with Crippen molar-refractivity contribution in [3.05, 3.63) is 11.6 Å². The molecule has 1 aliphatic rings. The first-order chi connectivity index (χ1) is 17.2. The highest BCUT2D eigenvalue weighted by Gasteiger charge is 2.31. The summed E-state index contributed by atoms with van der Waals surface area (Å²) in [6.45, 7) is 25.7. The molecule has 0 saturated heterocycles. The average Bonchev–Trinajstić information content (AvgIpc) is 2.82. The third kappa shape index (κ3) is 12.0. The second-order valence-electron chi connectivity index (χ2n) is 13.6. The third-order valence-electron chi connectivity index (χ3n) is 9.81. The third-order valence-corrected chi connectivity index (χ3v) is 9.81. The van der Waals surface area contributed by atoms with E-state index in [1.54, 1.807) is 5.57 Å². The molecular formula is C35H69N. The molecule has 0 aromatic rings. The first kappa shape index (κ1) is 33.7. The molecule has 0 saturated carbocycles. The number of hydrogen-bond donors (Lipinski definition) is 1. The van der Waals surface area contributed by atoms with E-state index >= 15 is 0 Å². The van der Waals surface area contributed by atoms with Gasteiger partial charge in [-0.05, 0) is 99.3 Å². The Hall–Kier alpha value is -0.300. The van der Waals surface area contributed by atoms with Crippen molar-refractivity contribution in [3.8, 4) is 0 Å². The van der Waals surface area contributed by atoms with Crippen LogP contribution in [-0.4, -0.2) is 12.6 Å². The van der Waals surface area contributed by atoms with Crippen LogP contribution in [0.15, 0.2) is 11.6 Å². The molecule has 1 aliphatic carbocycles. The average molecular weight is 504 g/mol. The van der Waals surface area contributed by atoms with Gasteiger partial charge in [-0.1, -0.05) is 119 Å². The molecule has 0 amide bonds. The van der Waals surface area contributed by atoms with Crippen LogP contribution in [0.5, 0.6) is 0 Å². The van der Waals surface area contributed by atoms with Crippen LogP contribution < -0.4 is 5.32 Å². The van der Waals surface area contributed by atoms with Gasteiger partial charge in [-0.2, -0.15) is 0 Å². The lowest BCUT2D eigenvalue weighted by Crippen LogP contribution is -2.41. The van der Waals surface area contributed by atoms with Gasteiger partial charge in [-0.3, -0.25) is 0 Å². The lowest BCUT2D eigenvalue weighted by molar-refractivity contribution is 0.138. The molecule has 214 valence electrons. The standard InChI is InChI=1S/C35H69N/c1-11-14-15-20-29(9)32(18-12-2)25-31(13-3)35(27(6)7)30(10)36-23-17-22-34(26(4)5)33-21-16-19-28(8)24-33/h24,26-32,34-36H,11-23,25H2,1-10H3. The normalized spacial score (nSPS) is 21.8. The summed E-state index contributed by atoms with van der Waals surface area (Å²) in [6.07, 6.45) is 20.6. The molecule has 0 aromatic heterocycles. The number of nitrogens with one attached hydrogen (secondary N) is 1. The summed E-state index contributed by atoms with van der Waals surface area (Å²) in [4.78, 5) is 0. The lowest BCUT2D eigenvalue weighted by Gasteiger charge is -2.38. The predicted octanol–water partition coefficient (Wildman–Crippen LogP) is 11.1. The van der Waals surface area contributed by atoms with E-state index in [0.717, 1.165) is 47.3 Å². The van der Waals surface area contributed by atoms with Crippen LogP contribution >= 0.6 is 0 Å². The van der Waals surface area contributed by atoms with Crippen LogP contribution in [0.1, 0.15) is 153 Å². The smallest absolute Gasteiger partial charge is 0.00720 e. The minimum atomic E-state index is 0.610. The van der Waals surface area contributed by atoms with E-state index in [0.29, 0.717) is 6.04 Å². The van der Waals surface area contributed by atoms with Gasteiger partial charge in [0.05, 0.1) is 0 Å². The van der Waals surface area contributed by atoms with Crippen molar-refractivity contribution in [2.45, 2.75) is 159 Å². The highest BCUT2D eigenvalue weighted by molar-refractivity contribution is 5.12. The first-order valence-electron chi connectivity index (χ1n) is 16.6. The van der Waals surface area contributed by atoms with Crippen molar-refractivity contribution in [1.29, 1.82) is 0 Å². The van der Waals surface area contributed by atoms with Crippen molar-refractivity contribution in [2.24, 2.45) is 47.3 Å². The maximum atomic E-state index is 4.04. The lowest BCUT2D eigenvalue weighted by atomic mass is 9.70. The first-order valence-corrected chi connectivity index (χ1v) is 16.6. The van der Waals surface area contributed by atoms with Gasteiger partial charge in [0.15, 0.2) is 0 Å². The van der Waals surface area contributed by atoms with E-state index in [2.05, 4.69) is 80.6 Å². The molecule has 7 atom stereocenters. The fourth-order valence-electron chi connectivity index (χ4n) is 7.68. The van der Waals surface area contributed by atoms with Gasteiger partial charge in [0, 0.05) is 6.04 Å². The Morgan fingerprint density at radius 3 is 2.11 bits per heavy atom. The second kappa shape index (κ2) is 18.9. The number of hydrogen-bond acceptors (Lipinski definition) is 1. The Bertz CT molecular complexity index is 561. The fraction of sp³-hybridized carbons (Fsp3) is 0.943. The fourth-order valence-corrected chi connectivity index (χ4v) is 7.68. The molecule has 1 heteroatoms. The zero-order valence-electron chi connectivity index (χ0n) is 26.7. The van der Waals surface area contributed by atoms with Crippen LogP contribution in [0.4, 0.5) is 0 Å². The van der Waals surface area contributed by atoms with Gasteiger partial charge in [0.25, 0.3) is 0 Å². The molecule has 0 heterocycles. The molecule has 0 fully saturated rings. The van der Waals surface area contributed by atoms with Crippen molar-refractivity contribution in [2.75, 3.05) is 6.54 Å². The monoisotopic (exact) mass is 504 g/mol. The largest absolute Gasteiger partial charge is 0.314 e. The minimum Gasteiger partial charge on any atom is -0.314 e. The summed E-state index contributed by atoms with van der Waals surface area (Å²) in [7, 11) is 0. The van der Waals surface area contributed by atoms with Crippen molar-refractivity contribution >= 4 is 0 Å². The van der Waals surface area contributed by atoms with Gasteiger partial charge in [-0.25, -0.2) is 0 Å². The highest BCUT2D eigenvalue weighted by Crippen LogP contribution is 2.38. The maximum Gasteiger partial charge on any atom is 0.00720 e. The van der Waals surface area contributed by atoms with Crippen LogP contribution in [0.2, 0.25) is 0 Å². The molecule has 7 unspecified atom stereocenters. The van der Waals surface area contributed by atoms with E-state index in [-0.39, 0.29) is 0 Å². The van der Waals surface area contributed by atoms with E-state index < -0.39 is 0 Å². The van der Waals surface area contributed by atoms with Crippen LogP contribution in [0.3, 0.4) is 0 Å². The molecule has 1 rings (SSSR count). The second-order valence-corrected chi connectivity index (χ2v) is 13.6. The molecule has 0 aliphatic heterocycles. The topological polar surface area (TPSA) is 12.0 Å². The molecular weight excluding hydrogens is 434 g/mol. The summed E-state index contributed by atoms with van der Waals surface area (Å²) in [6, 6.07) is 0.610. The predicted molar refractivity (Wildman–Crippen MR) is 165 cm³/mol. The maximum absolute atomic E-state index is 4.04. The molecule has 1 nitrogen and oxygen atoms in total. The summed E-state index contributed by atoms with van der Waals surface area (Å²) >= 11 is 0. The van der Waals surface area contributed by atoms with Gasteiger partial charge in [0.1, 0.15) is 0 Å². The Kier molecular flexibility index (Phi) is 17.7. The van der Waals surface area contributed by atoms with Crippen molar-refractivity contribution < 1.29 is 0 Å². The van der Waals surface area contributed by atoms with E-state index in [4.69, 9.17) is 0 Å². The minimum absolute atomic E-state index is 0.610. The zero-order valence-corrected chi connectivity index (χ0v) is 26.7. The Morgan fingerprint density at radius 1 is 0.833 bits per heavy atom. The van der Waals surface area contributed by atoms with Crippen molar-refractivity contribution in [3.63, 3.8) is 0 Å². The summed E-state index contributed by atoms with van der Waals surface area (Å²) in [5.74, 6) is 6.49. The van der Waals surface area contributed by atoms with E-state index in [1.807, 2.05) is 0 Å². The molecule has 1 N–H and O–H groups in total. The summed E-state index contributed by atoms with van der Waals surface area (Å²) in [5.41, 5.74) is 1.78. The van der Waals surface area contributed by atoms with Gasteiger partial charge in [-0.15, -0.1) is 0 Å². The number of allylic oxidation sites excluding steroid dienone is 2. The summed E-state index contributed by atoms with van der Waals surface area (Å²) in [5, 5.41) is 4.04. The molecule has 0 bridgehead atoms. The van der Waals surface area contributed by atoms with E-state index in [9.17, 15) is 0 Å². The SMILES string of the molecule is CCCCCC(C)C(CCC)CC(CC)C(C(C)C)C(C)NCCCC(C1=CC(C)CCC1)C(C)C. The summed E-state index contributed by atoms with van der Waals surface area (Å²) < 4.78 is 0.